The average Bonchev–Trinajstić information content (AvgIpc) is 3.66. The van der Waals surface area contributed by atoms with E-state index in [0.29, 0.717) is 47.2 Å². The molecule has 7 rings (SSSR count). The predicted molar refractivity (Wildman–Crippen MR) is 187 cm³/mol. The number of aromatic nitrogens is 2. The van der Waals surface area contributed by atoms with Gasteiger partial charge < -0.3 is 4.74 Å². The molecule has 1 N–H and O–H groups in total. The van der Waals surface area contributed by atoms with E-state index in [1.165, 1.54) is 55.4 Å². The van der Waals surface area contributed by atoms with Gasteiger partial charge in [0.1, 0.15) is 0 Å². The summed E-state index contributed by atoms with van der Waals surface area (Å²) >= 11 is 0. The van der Waals surface area contributed by atoms with Crippen LogP contribution in [-0.4, -0.2) is 22.8 Å². The Bertz CT molecular complexity index is 1540. The van der Waals surface area contributed by atoms with Gasteiger partial charge in [0.15, 0.2) is 0 Å². The van der Waals surface area contributed by atoms with Gasteiger partial charge in [0.05, 0.1) is 17.9 Å². The molecule has 248 valence electrons. The van der Waals surface area contributed by atoms with E-state index >= 15 is 0 Å². The van der Waals surface area contributed by atoms with Gasteiger partial charge in [0.25, 0.3) is 0 Å². The summed E-state index contributed by atoms with van der Waals surface area (Å²) in [6, 6.07) is 11.9. The third-order valence-corrected chi connectivity index (χ3v) is 15.6. The maximum absolute atomic E-state index is 13.2. The normalized spacial score (nSPS) is 40.9. The molecule has 0 aliphatic heterocycles. The Kier molecular flexibility index (Phi) is 7.61. The molecule has 46 heavy (non-hydrogen) atoms. The van der Waals surface area contributed by atoms with Crippen molar-refractivity contribution in [3.63, 3.8) is 0 Å². The van der Waals surface area contributed by atoms with Gasteiger partial charge in [-0.15, -0.1) is 0 Å². The van der Waals surface area contributed by atoms with Crippen molar-refractivity contribution in [1.82, 2.24) is 10.2 Å². The molecule has 9 atom stereocenters. The molecule has 4 saturated carbocycles. The van der Waals surface area contributed by atoms with E-state index in [9.17, 15) is 4.79 Å². The molecule has 1 aromatic carbocycles. The quantitative estimate of drug-likeness (QED) is 0.258. The highest BCUT2D eigenvalue weighted by molar-refractivity contribution is 5.89. The Morgan fingerprint density at radius 2 is 1.72 bits per heavy atom. The van der Waals surface area contributed by atoms with E-state index < -0.39 is 0 Å². The van der Waals surface area contributed by atoms with Crippen LogP contribution < -0.4 is 0 Å². The van der Waals surface area contributed by atoms with Gasteiger partial charge in [-0.2, -0.15) is 5.10 Å². The molecule has 0 bridgehead atoms. The number of ether oxygens (including phenoxy) is 1. The van der Waals surface area contributed by atoms with Crippen molar-refractivity contribution < 1.29 is 9.53 Å². The van der Waals surface area contributed by atoms with Crippen LogP contribution in [0.25, 0.3) is 5.57 Å². The first-order valence-corrected chi connectivity index (χ1v) is 18.4. The molecular weight excluding hydrogens is 564 g/mol. The van der Waals surface area contributed by atoms with Crippen LogP contribution in [0.1, 0.15) is 128 Å². The van der Waals surface area contributed by atoms with Crippen LogP contribution in [0, 0.1) is 56.7 Å². The molecule has 1 heterocycles. The average molecular weight is 623 g/mol. The van der Waals surface area contributed by atoms with E-state index in [1.807, 2.05) is 30.3 Å². The number of H-pyrrole nitrogens is 1. The fourth-order valence-electron chi connectivity index (χ4n) is 13.1. The van der Waals surface area contributed by atoms with Gasteiger partial charge in [-0.05, 0) is 146 Å². The summed E-state index contributed by atoms with van der Waals surface area (Å²) < 4.78 is 6.23. The molecule has 5 aliphatic carbocycles. The summed E-state index contributed by atoms with van der Waals surface area (Å²) in [7, 11) is 0. The maximum Gasteiger partial charge on any atom is 0.338 e. The number of esters is 1. The second kappa shape index (κ2) is 11.0. The van der Waals surface area contributed by atoms with Gasteiger partial charge in [-0.25, -0.2) is 4.79 Å². The van der Waals surface area contributed by atoms with Crippen LogP contribution in [0.2, 0.25) is 0 Å². The number of nitrogens with one attached hydrogen (secondary N) is 1. The minimum Gasteiger partial charge on any atom is -0.461 e. The maximum atomic E-state index is 13.2. The lowest BCUT2D eigenvalue weighted by molar-refractivity contribution is -0.228. The van der Waals surface area contributed by atoms with Gasteiger partial charge in [-0.1, -0.05) is 78.0 Å². The van der Waals surface area contributed by atoms with Crippen LogP contribution in [0.5, 0.6) is 0 Å². The number of fused-ring (bicyclic) bond motifs is 7. The summed E-state index contributed by atoms with van der Waals surface area (Å²) in [5.74, 6) is 2.88. The van der Waals surface area contributed by atoms with Gasteiger partial charge >= 0.3 is 5.97 Å². The van der Waals surface area contributed by atoms with Crippen molar-refractivity contribution in [2.45, 2.75) is 113 Å². The zero-order valence-electron chi connectivity index (χ0n) is 29.7. The zero-order valence-corrected chi connectivity index (χ0v) is 29.7. The van der Waals surface area contributed by atoms with E-state index in [1.54, 1.807) is 0 Å². The number of allylic oxidation sites excluding steroid dienone is 3. The molecule has 0 unspecified atom stereocenters. The van der Waals surface area contributed by atoms with Crippen LogP contribution in [0.15, 0.2) is 54.6 Å². The Balaban J connectivity index is 1.20. The summed E-state index contributed by atoms with van der Waals surface area (Å²) in [5.41, 5.74) is 6.84. The van der Waals surface area contributed by atoms with Crippen molar-refractivity contribution in [1.29, 1.82) is 0 Å². The Labute approximate surface area is 278 Å². The number of rotatable bonds is 6. The number of aromatic amines is 1. The minimum absolute atomic E-state index is 0.0634. The highest BCUT2D eigenvalue weighted by Gasteiger charge is 2.70. The molecule has 4 heteroatoms. The van der Waals surface area contributed by atoms with Gasteiger partial charge in [0.2, 0.25) is 0 Å². The highest BCUT2D eigenvalue weighted by atomic mass is 16.5. The summed E-state index contributed by atoms with van der Waals surface area (Å²) in [6.45, 7) is 22.7. The van der Waals surface area contributed by atoms with E-state index in [2.05, 4.69) is 72.3 Å². The van der Waals surface area contributed by atoms with Gasteiger partial charge in [0, 0.05) is 11.1 Å². The second-order valence-electron chi connectivity index (χ2n) is 17.7. The predicted octanol–water partition coefficient (Wildman–Crippen LogP) is 10.5. The molecule has 0 saturated heterocycles. The first-order valence-electron chi connectivity index (χ1n) is 18.4. The second-order valence-corrected chi connectivity index (χ2v) is 17.7. The number of benzene rings is 1. The molecule has 0 amide bonds. The Morgan fingerprint density at radius 3 is 2.41 bits per heavy atom. The lowest BCUT2D eigenvalue weighted by Gasteiger charge is -2.72. The summed E-state index contributed by atoms with van der Waals surface area (Å²) in [5, 5.41) is 8.09. The first kappa shape index (κ1) is 32.0. The number of aryl methyl sites for hydroxylation is 1. The van der Waals surface area contributed by atoms with E-state index in [-0.39, 0.29) is 27.6 Å². The molecule has 0 spiro atoms. The van der Waals surface area contributed by atoms with Crippen LogP contribution in [-0.2, 0) is 11.2 Å². The third-order valence-electron chi connectivity index (χ3n) is 15.6. The number of carbonyl (C=O) groups excluding carboxylic acids is 1. The number of hydrogen-bond donors (Lipinski definition) is 1. The third kappa shape index (κ3) is 4.43. The summed E-state index contributed by atoms with van der Waals surface area (Å²) in [4.78, 5) is 13.2. The zero-order chi connectivity index (χ0) is 32.7. The van der Waals surface area contributed by atoms with Crippen molar-refractivity contribution in [2.75, 3.05) is 6.61 Å². The van der Waals surface area contributed by atoms with Crippen LogP contribution in [0.3, 0.4) is 0 Å². The lowest BCUT2D eigenvalue weighted by atomic mass is 9.32. The highest BCUT2D eigenvalue weighted by Crippen LogP contribution is 2.77. The fourth-order valence-corrected chi connectivity index (χ4v) is 13.1. The molecule has 4 fully saturated rings. The smallest absolute Gasteiger partial charge is 0.338 e. The van der Waals surface area contributed by atoms with Crippen molar-refractivity contribution in [3.8, 4) is 0 Å². The largest absolute Gasteiger partial charge is 0.461 e. The topological polar surface area (TPSA) is 55.0 Å². The molecule has 4 nitrogen and oxygen atoms in total. The summed E-state index contributed by atoms with van der Waals surface area (Å²) in [6.07, 6.45) is 14.7. The SMILES string of the molecule is C=C(C)[C@@H]1CC[C@]2(COC(=O)c3ccccc3)CC[C@]3(C)[C@H](CC[C@@H]4[C@@]5(C)CC=C(c6cc(CC)[nH]n6)C(C)(C)[C@@H]5CC[C@]43C)[C@@H]12. The molecular formula is C42H58N2O2. The van der Waals surface area contributed by atoms with Crippen LogP contribution >= 0.6 is 0 Å². The van der Waals surface area contributed by atoms with E-state index in [0.717, 1.165) is 31.4 Å². The standard InChI is InChI=1S/C42H58N2O2/c1-9-29-25-33(44-43-29)31-18-20-39(6)34(38(31,4)5)19-21-41(8)35(39)16-15-32-36-30(27(2)3)17-22-42(36,24-23-40(32,41)7)26-46-37(45)28-13-11-10-12-14-28/h10-14,18,25,30,32,34-36H,2,9,15-17,19-24,26H2,1,3-8H3,(H,43,44)/t30-,32+,34-,35+,36+,39-,40+,41+,42+/m0/s1. The molecule has 2 aromatic rings. The monoisotopic (exact) mass is 622 g/mol. The molecule has 0 radical (unpaired) electrons. The number of carbonyl (C=O) groups is 1. The minimum atomic E-state index is -0.171. The van der Waals surface area contributed by atoms with Crippen LogP contribution in [0.4, 0.5) is 0 Å². The number of hydrogen-bond acceptors (Lipinski definition) is 3. The lowest BCUT2D eigenvalue weighted by Crippen LogP contribution is -2.65. The van der Waals surface area contributed by atoms with Crippen molar-refractivity contribution >= 4 is 11.5 Å². The van der Waals surface area contributed by atoms with E-state index in [4.69, 9.17) is 9.84 Å². The molecule has 5 aliphatic rings. The van der Waals surface area contributed by atoms with Crippen molar-refractivity contribution in [3.05, 3.63) is 71.6 Å². The van der Waals surface area contributed by atoms with Gasteiger partial charge in [-0.3, -0.25) is 5.10 Å². The fraction of sp³-hybridized carbons (Fsp3) is 0.667. The Hall–Kier alpha value is -2.62. The first-order chi connectivity index (χ1) is 21.8. The number of nitrogens with zero attached hydrogens (tertiary/aromatic N) is 1. The molecule has 1 aromatic heterocycles. The Morgan fingerprint density at radius 1 is 0.957 bits per heavy atom. The van der Waals surface area contributed by atoms with Crippen molar-refractivity contribution in [2.24, 2.45) is 56.7 Å².